The molecule has 0 unspecified atom stereocenters. The molecule has 118 valence electrons. The third kappa shape index (κ3) is 3.97. The molecule has 4 nitrogen and oxygen atoms in total. The Hall–Kier alpha value is -0.170. The van der Waals surface area contributed by atoms with Gasteiger partial charge in [0.2, 0.25) is 10.0 Å². The van der Waals surface area contributed by atoms with Crippen LogP contribution in [0, 0.1) is 5.92 Å². The summed E-state index contributed by atoms with van der Waals surface area (Å²) < 4.78 is 28.3. The van der Waals surface area contributed by atoms with Gasteiger partial charge in [0.25, 0.3) is 0 Å². The van der Waals surface area contributed by atoms with Gasteiger partial charge in [-0.25, -0.2) is 13.4 Å². The molecule has 0 atom stereocenters. The first-order valence-corrected chi connectivity index (χ1v) is 9.76. The maximum absolute atomic E-state index is 13.0. The molecular weight excluding hydrogens is 376 g/mol. The number of halogens is 2. The fraction of sp³-hybridized carbons (Fsp3) is 0.643. The summed E-state index contributed by atoms with van der Waals surface area (Å²) in [5.41, 5.74) is 0. The van der Waals surface area contributed by atoms with Crippen LogP contribution >= 0.6 is 27.5 Å². The number of sulfonamides is 1. The number of pyridine rings is 1. The lowest BCUT2D eigenvalue weighted by Gasteiger charge is -2.29. The zero-order chi connectivity index (χ0) is 15.6. The van der Waals surface area contributed by atoms with Crippen LogP contribution in [0.3, 0.4) is 0 Å². The molecule has 2 rings (SSSR count). The van der Waals surface area contributed by atoms with Crippen LogP contribution in [0.4, 0.5) is 0 Å². The normalized spacial score (nSPS) is 17.0. The van der Waals surface area contributed by atoms with Gasteiger partial charge < -0.3 is 0 Å². The molecule has 0 aromatic carbocycles. The summed E-state index contributed by atoms with van der Waals surface area (Å²) in [5, 5.41) is 0.0324. The van der Waals surface area contributed by atoms with Gasteiger partial charge in [-0.1, -0.05) is 38.3 Å². The molecule has 0 N–H and O–H groups in total. The SMILES string of the molecule is CC(C)CN(C1CCCC1)S(=O)(=O)c1cc(Br)cnc1Cl. The highest BCUT2D eigenvalue weighted by molar-refractivity contribution is 9.10. The molecule has 1 aliphatic rings. The van der Waals surface area contributed by atoms with Gasteiger partial charge >= 0.3 is 0 Å². The standard InChI is InChI=1S/C14H20BrClN2O2S/c1-10(2)9-18(12-5-3-4-6-12)21(19,20)13-7-11(15)8-17-14(13)16/h7-8,10,12H,3-6,9H2,1-2H3. The van der Waals surface area contributed by atoms with Crippen LogP contribution in [0.25, 0.3) is 0 Å². The van der Waals surface area contributed by atoms with E-state index in [4.69, 9.17) is 11.6 Å². The van der Waals surface area contributed by atoms with Crippen molar-refractivity contribution in [3.05, 3.63) is 21.9 Å². The summed E-state index contributed by atoms with van der Waals surface area (Å²) in [6, 6.07) is 1.61. The Kier molecular flexibility index (Phi) is 5.68. The van der Waals surface area contributed by atoms with Crippen LogP contribution < -0.4 is 0 Å². The minimum absolute atomic E-state index is 0.0324. The second-order valence-electron chi connectivity index (χ2n) is 5.85. The third-order valence-corrected chi connectivity index (χ3v) is 6.42. The second-order valence-corrected chi connectivity index (χ2v) is 8.98. The number of aromatic nitrogens is 1. The lowest BCUT2D eigenvalue weighted by Crippen LogP contribution is -2.41. The molecule has 1 aromatic rings. The van der Waals surface area contributed by atoms with Crippen molar-refractivity contribution in [2.24, 2.45) is 5.92 Å². The molecule has 1 saturated carbocycles. The average molecular weight is 396 g/mol. The van der Waals surface area contributed by atoms with E-state index in [-0.39, 0.29) is 22.0 Å². The topological polar surface area (TPSA) is 50.3 Å². The highest BCUT2D eigenvalue weighted by Gasteiger charge is 2.35. The smallest absolute Gasteiger partial charge is 0.242 e. The van der Waals surface area contributed by atoms with Crippen LogP contribution in [-0.4, -0.2) is 30.3 Å². The molecular formula is C14H20BrClN2O2S. The number of nitrogens with zero attached hydrogens (tertiary/aromatic N) is 2. The van der Waals surface area contributed by atoms with Crippen LogP contribution in [0.5, 0.6) is 0 Å². The molecule has 0 radical (unpaired) electrons. The summed E-state index contributed by atoms with van der Waals surface area (Å²) in [7, 11) is -3.62. The van der Waals surface area contributed by atoms with Crippen molar-refractivity contribution < 1.29 is 8.42 Å². The van der Waals surface area contributed by atoms with E-state index in [1.165, 1.54) is 12.3 Å². The quantitative estimate of drug-likeness (QED) is 0.706. The summed E-state index contributed by atoms with van der Waals surface area (Å²) in [6.45, 7) is 4.56. The van der Waals surface area contributed by atoms with E-state index in [1.54, 1.807) is 4.31 Å². The highest BCUT2D eigenvalue weighted by atomic mass is 79.9. The van der Waals surface area contributed by atoms with Crippen molar-refractivity contribution in [1.82, 2.24) is 9.29 Å². The Labute approximate surface area is 140 Å². The van der Waals surface area contributed by atoms with Gasteiger partial charge in [0.05, 0.1) is 0 Å². The maximum Gasteiger partial charge on any atom is 0.246 e. The van der Waals surface area contributed by atoms with Crippen molar-refractivity contribution in [3.63, 3.8) is 0 Å². The molecule has 0 aliphatic heterocycles. The molecule has 0 saturated heterocycles. The van der Waals surface area contributed by atoms with E-state index < -0.39 is 10.0 Å². The molecule has 1 aliphatic carbocycles. The maximum atomic E-state index is 13.0. The van der Waals surface area contributed by atoms with Gasteiger partial charge in [0.15, 0.2) is 0 Å². The zero-order valence-corrected chi connectivity index (χ0v) is 15.4. The third-order valence-electron chi connectivity index (χ3n) is 3.64. The molecule has 7 heteroatoms. The number of rotatable bonds is 5. The fourth-order valence-corrected chi connectivity index (χ4v) is 5.48. The largest absolute Gasteiger partial charge is 0.246 e. The lowest BCUT2D eigenvalue weighted by atomic mass is 10.2. The molecule has 1 aromatic heterocycles. The van der Waals surface area contributed by atoms with Gasteiger partial charge in [-0.05, 0) is 40.8 Å². The van der Waals surface area contributed by atoms with Gasteiger partial charge in [0.1, 0.15) is 10.0 Å². The first-order valence-electron chi connectivity index (χ1n) is 7.15. The fourth-order valence-electron chi connectivity index (χ4n) is 2.71. The van der Waals surface area contributed by atoms with E-state index in [1.807, 2.05) is 13.8 Å². The molecule has 1 fully saturated rings. The van der Waals surface area contributed by atoms with Gasteiger partial charge in [-0.15, -0.1) is 0 Å². The second kappa shape index (κ2) is 6.94. The van der Waals surface area contributed by atoms with E-state index in [2.05, 4.69) is 20.9 Å². The first-order chi connectivity index (χ1) is 9.82. The Bertz CT molecular complexity index is 601. The first kappa shape index (κ1) is 17.2. The Morgan fingerprint density at radius 2 is 2.05 bits per heavy atom. The Balaban J connectivity index is 2.43. The van der Waals surface area contributed by atoms with E-state index in [0.717, 1.165) is 25.7 Å². The van der Waals surface area contributed by atoms with Crippen molar-refractivity contribution in [3.8, 4) is 0 Å². The van der Waals surface area contributed by atoms with Crippen molar-refractivity contribution in [2.45, 2.75) is 50.5 Å². The average Bonchev–Trinajstić information content (AvgIpc) is 2.92. The van der Waals surface area contributed by atoms with Crippen LogP contribution in [0.15, 0.2) is 21.6 Å². The van der Waals surface area contributed by atoms with Gasteiger partial charge in [-0.3, -0.25) is 0 Å². The summed E-state index contributed by atoms with van der Waals surface area (Å²) in [4.78, 5) is 4.03. The van der Waals surface area contributed by atoms with Crippen LogP contribution in [0.1, 0.15) is 39.5 Å². The van der Waals surface area contributed by atoms with E-state index in [0.29, 0.717) is 11.0 Å². The monoisotopic (exact) mass is 394 g/mol. The summed E-state index contributed by atoms with van der Waals surface area (Å²) >= 11 is 9.30. The summed E-state index contributed by atoms with van der Waals surface area (Å²) in [6.07, 6.45) is 5.51. The molecule has 21 heavy (non-hydrogen) atoms. The Morgan fingerprint density at radius 3 is 2.62 bits per heavy atom. The van der Waals surface area contributed by atoms with E-state index in [9.17, 15) is 8.42 Å². The zero-order valence-electron chi connectivity index (χ0n) is 12.2. The number of hydrogen-bond acceptors (Lipinski definition) is 3. The predicted octanol–water partition coefficient (Wildman–Crippen LogP) is 4.09. The molecule has 0 spiro atoms. The van der Waals surface area contributed by atoms with Gasteiger partial charge in [0, 0.05) is 23.3 Å². The predicted molar refractivity (Wildman–Crippen MR) is 87.9 cm³/mol. The molecule has 0 amide bonds. The van der Waals surface area contributed by atoms with E-state index >= 15 is 0 Å². The summed E-state index contributed by atoms with van der Waals surface area (Å²) in [5.74, 6) is 0.263. The van der Waals surface area contributed by atoms with Crippen molar-refractivity contribution in [2.75, 3.05) is 6.54 Å². The minimum Gasteiger partial charge on any atom is -0.242 e. The number of hydrogen-bond donors (Lipinski definition) is 0. The lowest BCUT2D eigenvalue weighted by molar-refractivity contribution is 0.292. The van der Waals surface area contributed by atoms with Crippen LogP contribution in [0.2, 0.25) is 5.15 Å². The van der Waals surface area contributed by atoms with Crippen LogP contribution in [-0.2, 0) is 10.0 Å². The molecule has 0 bridgehead atoms. The minimum atomic E-state index is -3.62. The van der Waals surface area contributed by atoms with Crippen molar-refractivity contribution in [1.29, 1.82) is 0 Å². The van der Waals surface area contributed by atoms with Crippen molar-refractivity contribution >= 4 is 37.6 Å². The Morgan fingerprint density at radius 1 is 1.43 bits per heavy atom. The highest BCUT2D eigenvalue weighted by Crippen LogP contribution is 2.32. The van der Waals surface area contributed by atoms with Gasteiger partial charge in [-0.2, -0.15) is 4.31 Å². The molecule has 1 heterocycles.